The van der Waals surface area contributed by atoms with Crippen LogP contribution in [0.4, 0.5) is 0 Å². The molecule has 4 rings (SSSR count). The van der Waals surface area contributed by atoms with Crippen molar-refractivity contribution in [2.45, 2.75) is 31.5 Å². The molecule has 2 aromatic heterocycles. The van der Waals surface area contributed by atoms with Gasteiger partial charge in [-0.05, 0) is 12.8 Å². The average molecular weight is 339 g/mol. The number of hydrogen-bond acceptors (Lipinski definition) is 6. The number of nitrogens with one attached hydrogen (secondary N) is 1. The smallest absolute Gasteiger partial charge is 0.273 e. The maximum Gasteiger partial charge on any atom is 0.273 e. The number of nitrogens with zero attached hydrogens (tertiary/aromatic N) is 4. The number of rotatable bonds is 5. The molecule has 128 valence electrons. The molecule has 1 aromatic carbocycles. The molecule has 0 unspecified atom stereocenters. The second-order valence-electron chi connectivity index (χ2n) is 6.05. The maximum absolute atomic E-state index is 12.3. The van der Waals surface area contributed by atoms with Crippen LogP contribution in [0.2, 0.25) is 0 Å². The highest BCUT2D eigenvalue weighted by atomic mass is 16.5. The van der Waals surface area contributed by atoms with E-state index in [1.165, 1.54) is 0 Å². The topological polar surface area (TPSA) is 106 Å². The minimum absolute atomic E-state index is 0.0537. The Morgan fingerprint density at radius 2 is 2.12 bits per heavy atom. The monoisotopic (exact) mass is 339 g/mol. The maximum atomic E-state index is 12.3. The molecule has 1 saturated carbocycles. The second-order valence-corrected chi connectivity index (χ2v) is 6.05. The summed E-state index contributed by atoms with van der Waals surface area (Å²) in [4.78, 5) is 13.9. The summed E-state index contributed by atoms with van der Waals surface area (Å²) in [5.41, 5.74) is 1.69. The Morgan fingerprint density at radius 1 is 1.32 bits per heavy atom. The third-order valence-corrected chi connectivity index (χ3v) is 4.29. The molecule has 0 radical (unpaired) electrons. The summed E-state index contributed by atoms with van der Waals surface area (Å²) in [6.07, 6.45) is 3.04. The van der Waals surface area contributed by atoms with Crippen LogP contribution in [0.25, 0.3) is 11.3 Å². The first-order valence-corrected chi connectivity index (χ1v) is 8.07. The van der Waals surface area contributed by atoms with Crippen molar-refractivity contribution in [3.05, 3.63) is 54.0 Å². The van der Waals surface area contributed by atoms with Crippen molar-refractivity contribution < 1.29 is 14.4 Å². The lowest BCUT2D eigenvalue weighted by molar-refractivity contribution is 0.0872. The Labute approximate surface area is 143 Å². The van der Waals surface area contributed by atoms with Gasteiger partial charge in [-0.15, -0.1) is 0 Å². The van der Waals surface area contributed by atoms with Gasteiger partial charge in [0.25, 0.3) is 5.91 Å². The van der Waals surface area contributed by atoms with Crippen molar-refractivity contribution in [3.63, 3.8) is 0 Å². The standard InChI is InChI=1S/C17H17N5O3/c23-10-13-9-18-22(20-13)14-6-12(7-14)19-17(24)15-8-16(25-21-15)11-4-2-1-3-5-11/h1-5,8-9,12,14,23H,6-7,10H2,(H,19,24). The van der Waals surface area contributed by atoms with E-state index in [1.807, 2.05) is 30.3 Å². The number of aliphatic hydroxyl groups excluding tert-OH is 1. The average Bonchev–Trinajstić information content (AvgIpc) is 3.27. The normalized spacial score (nSPS) is 19.4. The molecule has 0 spiro atoms. The number of benzene rings is 1. The van der Waals surface area contributed by atoms with Crippen LogP contribution in [0.5, 0.6) is 0 Å². The first-order chi connectivity index (χ1) is 12.2. The van der Waals surface area contributed by atoms with Crippen LogP contribution in [-0.2, 0) is 6.61 Å². The van der Waals surface area contributed by atoms with Crippen molar-refractivity contribution in [3.8, 4) is 11.3 Å². The van der Waals surface area contributed by atoms with Crippen molar-refractivity contribution in [1.82, 2.24) is 25.5 Å². The van der Waals surface area contributed by atoms with E-state index in [2.05, 4.69) is 20.7 Å². The molecule has 8 nitrogen and oxygen atoms in total. The van der Waals surface area contributed by atoms with Gasteiger partial charge in [0.1, 0.15) is 5.69 Å². The van der Waals surface area contributed by atoms with Crippen LogP contribution in [0.3, 0.4) is 0 Å². The predicted molar refractivity (Wildman–Crippen MR) is 87.4 cm³/mol. The number of aromatic nitrogens is 4. The minimum atomic E-state index is -0.251. The number of amides is 1. The summed E-state index contributed by atoms with van der Waals surface area (Å²) < 4.78 is 5.25. The van der Waals surface area contributed by atoms with Crippen molar-refractivity contribution in [1.29, 1.82) is 0 Å². The molecule has 0 bridgehead atoms. The van der Waals surface area contributed by atoms with E-state index in [0.29, 0.717) is 11.5 Å². The zero-order valence-corrected chi connectivity index (χ0v) is 13.4. The van der Waals surface area contributed by atoms with E-state index in [0.717, 1.165) is 18.4 Å². The molecule has 25 heavy (non-hydrogen) atoms. The van der Waals surface area contributed by atoms with E-state index in [4.69, 9.17) is 9.63 Å². The fraction of sp³-hybridized carbons (Fsp3) is 0.294. The van der Waals surface area contributed by atoms with Crippen LogP contribution in [0, 0.1) is 0 Å². The highest BCUT2D eigenvalue weighted by Crippen LogP contribution is 2.31. The largest absolute Gasteiger partial charge is 0.390 e. The molecule has 1 aliphatic carbocycles. The quantitative estimate of drug-likeness (QED) is 0.731. The summed E-state index contributed by atoms with van der Waals surface area (Å²) in [5, 5.41) is 24.1. The van der Waals surface area contributed by atoms with Gasteiger partial charge in [0.2, 0.25) is 0 Å². The van der Waals surface area contributed by atoms with E-state index < -0.39 is 0 Å². The van der Waals surface area contributed by atoms with Crippen LogP contribution >= 0.6 is 0 Å². The molecule has 1 aliphatic rings. The summed E-state index contributed by atoms with van der Waals surface area (Å²) in [6, 6.07) is 11.4. The lowest BCUT2D eigenvalue weighted by Crippen LogP contribution is -2.45. The van der Waals surface area contributed by atoms with Crippen LogP contribution in [-0.4, -0.2) is 37.2 Å². The van der Waals surface area contributed by atoms with Gasteiger partial charge in [0.05, 0.1) is 18.8 Å². The molecule has 8 heteroatoms. The number of carbonyl (C=O) groups excluding carboxylic acids is 1. The molecule has 2 N–H and O–H groups in total. The third-order valence-electron chi connectivity index (χ3n) is 4.29. The third kappa shape index (κ3) is 3.16. The number of carbonyl (C=O) groups is 1. The second kappa shape index (κ2) is 6.48. The van der Waals surface area contributed by atoms with Gasteiger partial charge in [0, 0.05) is 17.7 Å². The Morgan fingerprint density at radius 3 is 2.84 bits per heavy atom. The first-order valence-electron chi connectivity index (χ1n) is 8.07. The van der Waals surface area contributed by atoms with Crippen LogP contribution < -0.4 is 5.32 Å². The van der Waals surface area contributed by atoms with E-state index >= 15 is 0 Å². The van der Waals surface area contributed by atoms with Crippen LogP contribution in [0.15, 0.2) is 47.1 Å². The molecular formula is C17H17N5O3. The summed E-state index contributed by atoms with van der Waals surface area (Å²) in [5.74, 6) is 0.313. The van der Waals surface area contributed by atoms with Gasteiger partial charge in [-0.2, -0.15) is 15.0 Å². The Balaban J connectivity index is 1.34. The molecule has 3 aromatic rings. The van der Waals surface area contributed by atoms with Crippen molar-refractivity contribution in [2.24, 2.45) is 0 Å². The molecule has 0 atom stereocenters. The molecule has 1 fully saturated rings. The van der Waals surface area contributed by atoms with E-state index in [1.54, 1.807) is 17.1 Å². The highest BCUT2D eigenvalue weighted by molar-refractivity contribution is 5.93. The van der Waals surface area contributed by atoms with Gasteiger partial charge >= 0.3 is 0 Å². The molecule has 0 saturated heterocycles. The zero-order valence-electron chi connectivity index (χ0n) is 13.4. The van der Waals surface area contributed by atoms with Gasteiger partial charge < -0.3 is 14.9 Å². The Kier molecular flexibility index (Phi) is 4.02. The fourth-order valence-corrected chi connectivity index (χ4v) is 2.83. The predicted octanol–water partition coefficient (Wildman–Crippen LogP) is 1.56. The lowest BCUT2D eigenvalue weighted by atomic mass is 9.87. The number of aliphatic hydroxyl groups is 1. The van der Waals surface area contributed by atoms with Crippen LogP contribution in [0.1, 0.15) is 35.1 Å². The van der Waals surface area contributed by atoms with Gasteiger partial charge in [-0.3, -0.25) is 4.79 Å². The van der Waals surface area contributed by atoms with Gasteiger partial charge in [0.15, 0.2) is 11.5 Å². The first kappa shape index (κ1) is 15.5. The molecule has 0 aliphatic heterocycles. The zero-order chi connectivity index (χ0) is 17.2. The summed E-state index contributed by atoms with van der Waals surface area (Å²) in [6.45, 7) is -0.122. The lowest BCUT2D eigenvalue weighted by Gasteiger charge is -2.34. The van der Waals surface area contributed by atoms with Crippen molar-refractivity contribution in [2.75, 3.05) is 0 Å². The van der Waals surface area contributed by atoms with Gasteiger partial charge in [-0.1, -0.05) is 35.5 Å². The number of hydrogen-bond donors (Lipinski definition) is 2. The van der Waals surface area contributed by atoms with E-state index in [-0.39, 0.29) is 30.3 Å². The Hall–Kier alpha value is -3.00. The fourth-order valence-electron chi connectivity index (χ4n) is 2.83. The highest BCUT2D eigenvalue weighted by Gasteiger charge is 2.33. The summed E-state index contributed by atoms with van der Waals surface area (Å²) >= 11 is 0. The van der Waals surface area contributed by atoms with Gasteiger partial charge in [-0.25, -0.2) is 0 Å². The SMILES string of the molecule is O=C(NC1CC(n2ncc(CO)n2)C1)c1cc(-c2ccccc2)on1. The Bertz CT molecular complexity index is 867. The van der Waals surface area contributed by atoms with Crippen molar-refractivity contribution >= 4 is 5.91 Å². The molecule has 1 amide bonds. The minimum Gasteiger partial charge on any atom is -0.390 e. The summed E-state index contributed by atoms with van der Waals surface area (Å²) in [7, 11) is 0. The molecule has 2 heterocycles. The molecular weight excluding hydrogens is 322 g/mol. The van der Waals surface area contributed by atoms with E-state index in [9.17, 15) is 4.79 Å².